The molecule has 1 N–H and O–H groups in total. The Balaban J connectivity index is 2.32. The average molecular weight is 207 g/mol. The van der Waals surface area contributed by atoms with Gasteiger partial charge < -0.3 is 10.1 Å². The Kier molecular flexibility index (Phi) is 3.02. The smallest absolute Gasteiger partial charge is 0.134 e. The van der Waals surface area contributed by atoms with E-state index in [1.807, 2.05) is 6.08 Å². The molecule has 80 valence electrons. The molecule has 0 atom stereocenters. The predicted octanol–water partition coefficient (Wildman–Crippen LogP) is 2.21. The summed E-state index contributed by atoms with van der Waals surface area (Å²) in [6.07, 6.45) is 2.91. The molecule has 2 nitrogen and oxygen atoms in total. The molecule has 1 aliphatic rings. The maximum atomic E-state index is 13.7. The Morgan fingerprint density at radius 3 is 2.87 bits per heavy atom. The van der Waals surface area contributed by atoms with E-state index in [9.17, 15) is 4.39 Å². The quantitative estimate of drug-likeness (QED) is 0.802. The number of benzene rings is 1. The van der Waals surface area contributed by atoms with E-state index in [0.29, 0.717) is 11.3 Å². The zero-order chi connectivity index (χ0) is 10.7. The molecule has 0 saturated heterocycles. The Morgan fingerprint density at radius 1 is 1.40 bits per heavy atom. The van der Waals surface area contributed by atoms with Crippen LogP contribution in [-0.4, -0.2) is 20.2 Å². The minimum absolute atomic E-state index is 0.206. The number of rotatable bonds is 2. The topological polar surface area (TPSA) is 21.3 Å². The van der Waals surface area contributed by atoms with E-state index in [1.54, 1.807) is 12.1 Å². The first-order valence-corrected chi connectivity index (χ1v) is 5.05. The van der Waals surface area contributed by atoms with Gasteiger partial charge in [-0.2, -0.15) is 0 Å². The van der Waals surface area contributed by atoms with E-state index >= 15 is 0 Å². The Bertz CT molecular complexity index is 387. The lowest BCUT2D eigenvalue weighted by molar-refractivity contribution is 0.411. The van der Waals surface area contributed by atoms with Crippen LogP contribution in [0.25, 0.3) is 5.57 Å². The molecular formula is C12H14FNO. The highest BCUT2D eigenvalue weighted by Gasteiger charge is 2.10. The predicted molar refractivity (Wildman–Crippen MR) is 58.4 cm³/mol. The fourth-order valence-corrected chi connectivity index (χ4v) is 1.75. The van der Waals surface area contributed by atoms with Crippen molar-refractivity contribution >= 4 is 5.57 Å². The third-order valence-electron chi connectivity index (χ3n) is 2.59. The van der Waals surface area contributed by atoms with Crippen molar-refractivity contribution in [1.29, 1.82) is 0 Å². The molecule has 0 aromatic heterocycles. The molecule has 0 spiro atoms. The molecule has 3 heteroatoms. The molecule has 0 saturated carbocycles. The van der Waals surface area contributed by atoms with Crippen LogP contribution in [0.3, 0.4) is 0 Å². The van der Waals surface area contributed by atoms with Crippen molar-refractivity contribution in [3.63, 3.8) is 0 Å². The normalized spacial score (nSPS) is 16.0. The van der Waals surface area contributed by atoms with Gasteiger partial charge in [-0.15, -0.1) is 0 Å². The Morgan fingerprint density at radius 2 is 2.27 bits per heavy atom. The van der Waals surface area contributed by atoms with Gasteiger partial charge in [0.25, 0.3) is 0 Å². The SMILES string of the molecule is COc1ccc(C2=CCNCC2)c(F)c1. The Labute approximate surface area is 88.8 Å². The van der Waals surface area contributed by atoms with Gasteiger partial charge in [0, 0.05) is 18.2 Å². The number of hydrogen-bond donors (Lipinski definition) is 1. The van der Waals surface area contributed by atoms with Gasteiger partial charge in [-0.3, -0.25) is 0 Å². The summed E-state index contributed by atoms with van der Waals surface area (Å²) in [6.45, 7) is 1.73. The second-order valence-corrected chi connectivity index (χ2v) is 3.53. The number of nitrogens with one attached hydrogen (secondary N) is 1. The van der Waals surface area contributed by atoms with E-state index in [-0.39, 0.29) is 5.82 Å². The van der Waals surface area contributed by atoms with Gasteiger partial charge in [0.2, 0.25) is 0 Å². The van der Waals surface area contributed by atoms with Crippen molar-refractivity contribution in [1.82, 2.24) is 5.32 Å². The molecule has 0 unspecified atom stereocenters. The number of hydrogen-bond acceptors (Lipinski definition) is 2. The lowest BCUT2D eigenvalue weighted by atomic mass is 10.00. The summed E-state index contributed by atoms with van der Waals surface area (Å²) in [7, 11) is 1.54. The highest BCUT2D eigenvalue weighted by molar-refractivity contribution is 5.67. The second-order valence-electron chi connectivity index (χ2n) is 3.53. The molecule has 0 bridgehead atoms. The van der Waals surface area contributed by atoms with Crippen molar-refractivity contribution < 1.29 is 9.13 Å². The second kappa shape index (κ2) is 4.45. The molecule has 1 aromatic rings. The lowest BCUT2D eigenvalue weighted by Crippen LogP contribution is -2.20. The summed E-state index contributed by atoms with van der Waals surface area (Å²) in [5.74, 6) is 0.355. The van der Waals surface area contributed by atoms with E-state index in [0.717, 1.165) is 25.1 Å². The van der Waals surface area contributed by atoms with E-state index < -0.39 is 0 Å². The molecule has 1 aromatic carbocycles. The van der Waals surface area contributed by atoms with Crippen LogP contribution in [0.5, 0.6) is 5.75 Å². The van der Waals surface area contributed by atoms with Crippen LogP contribution in [0.15, 0.2) is 24.3 Å². The van der Waals surface area contributed by atoms with E-state index in [2.05, 4.69) is 5.32 Å². The lowest BCUT2D eigenvalue weighted by Gasteiger charge is -2.15. The van der Waals surface area contributed by atoms with Gasteiger partial charge in [0.05, 0.1) is 7.11 Å². The number of halogens is 1. The molecule has 2 rings (SSSR count). The maximum absolute atomic E-state index is 13.7. The zero-order valence-electron chi connectivity index (χ0n) is 8.72. The molecule has 0 amide bonds. The molecule has 0 fully saturated rings. The van der Waals surface area contributed by atoms with Crippen LogP contribution in [0.2, 0.25) is 0 Å². The van der Waals surface area contributed by atoms with Crippen molar-refractivity contribution in [2.45, 2.75) is 6.42 Å². The first kappa shape index (κ1) is 10.2. The van der Waals surface area contributed by atoms with E-state index in [1.165, 1.54) is 13.2 Å². The van der Waals surface area contributed by atoms with Crippen LogP contribution >= 0.6 is 0 Å². The molecule has 0 radical (unpaired) electrons. The maximum Gasteiger partial charge on any atom is 0.134 e. The minimum atomic E-state index is -0.206. The zero-order valence-corrected chi connectivity index (χ0v) is 8.72. The van der Waals surface area contributed by atoms with Crippen LogP contribution in [0, 0.1) is 5.82 Å². The molecule has 0 aliphatic carbocycles. The standard InChI is InChI=1S/C12H14FNO/c1-15-10-2-3-11(12(13)8-10)9-4-6-14-7-5-9/h2-4,8,14H,5-7H2,1H3. The summed E-state index contributed by atoms with van der Waals surface area (Å²) in [4.78, 5) is 0. The van der Waals surface area contributed by atoms with Crippen LogP contribution in [0.1, 0.15) is 12.0 Å². The van der Waals surface area contributed by atoms with Crippen molar-refractivity contribution in [2.24, 2.45) is 0 Å². The van der Waals surface area contributed by atoms with Crippen molar-refractivity contribution in [3.8, 4) is 5.75 Å². The van der Waals surface area contributed by atoms with Crippen molar-refractivity contribution in [2.75, 3.05) is 20.2 Å². The molecule has 1 aliphatic heterocycles. The first-order chi connectivity index (χ1) is 7.31. The fraction of sp³-hybridized carbons (Fsp3) is 0.333. The number of methoxy groups -OCH3 is 1. The van der Waals surface area contributed by atoms with Crippen molar-refractivity contribution in [3.05, 3.63) is 35.7 Å². The summed E-state index contributed by atoms with van der Waals surface area (Å²) in [6, 6.07) is 5.00. The fourth-order valence-electron chi connectivity index (χ4n) is 1.75. The van der Waals surface area contributed by atoms with Gasteiger partial charge >= 0.3 is 0 Å². The van der Waals surface area contributed by atoms with Gasteiger partial charge in [-0.1, -0.05) is 6.08 Å². The third-order valence-corrected chi connectivity index (χ3v) is 2.59. The molecule has 1 heterocycles. The van der Waals surface area contributed by atoms with E-state index in [4.69, 9.17) is 4.74 Å². The molecule has 15 heavy (non-hydrogen) atoms. The highest BCUT2D eigenvalue weighted by atomic mass is 19.1. The summed E-state index contributed by atoms with van der Waals surface area (Å²) in [5, 5.41) is 3.20. The van der Waals surface area contributed by atoms with Gasteiger partial charge in [0.1, 0.15) is 11.6 Å². The van der Waals surface area contributed by atoms with Crippen LogP contribution < -0.4 is 10.1 Å². The Hall–Kier alpha value is -1.35. The first-order valence-electron chi connectivity index (χ1n) is 5.05. The highest BCUT2D eigenvalue weighted by Crippen LogP contribution is 2.25. The largest absolute Gasteiger partial charge is 0.497 e. The van der Waals surface area contributed by atoms with Gasteiger partial charge in [0.15, 0.2) is 0 Å². The van der Waals surface area contributed by atoms with Crippen LogP contribution in [-0.2, 0) is 0 Å². The summed E-state index contributed by atoms with van der Waals surface area (Å²) >= 11 is 0. The minimum Gasteiger partial charge on any atom is -0.497 e. The number of ether oxygens (including phenoxy) is 1. The third kappa shape index (κ3) is 2.18. The monoisotopic (exact) mass is 207 g/mol. The summed E-state index contributed by atoms with van der Waals surface area (Å²) < 4.78 is 18.6. The van der Waals surface area contributed by atoms with Gasteiger partial charge in [-0.25, -0.2) is 4.39 Å². The van der Waals surface area contributed by atoms with Crippen LogP contribution in [0.4, 0.5) is 4.39 Å². The average Bonchev–Trinajstić information content (AvgIpc) is 2.30. The molecular weight excluding hydrogens is 193 g/mol. The van der Waals surface area contributed by atoms with Gasteiger partial charge in [-0.05, 0) is 30.7 Å². The summed E-state index contributed by atoms with van der Waals surface area (Å²) in [5.41, 5.74) is 1.77.